The number of hydrogen-bond acceptors (Lipinski definition) is 5. The van der Waals surface area contributed by atoms with Gasteiger partial charge >= 0.3 is 6.18 Å². The zero-order valence-electron chi connectivity index (χ0n) is 21.2. The van der Waals surface area contributed by atoms with Crippen LogP contribution in [0.3, 0.4) is 0 Å². The molecule has 3 heterocycles. The first-order valence-corrected chi connectivity index (χ1v) is 13.1. The number of benzene rings is 2. The van der Waals surface area contributed by atoms with Crippen LogP contribution in [0, 0.1) is 5.92 Å². The van der Waals surface area contributed by atoms with E-state index in [0.717, 1.165) is 29.9 Å². The molecule has 2 atom stereocenters. The van der Waals surface area contributed by atoms with Gasteiger partial charge in [0, 0.05) is 19.6 Å². The van der Waals surface area contributed by atoms with Crippen LogP contribution < -0.4 is 15.5 Å². The van der Waals surface area contributed by atoms with E-state index in [1.54, 1.807) is 12.1 Å². The van der Waals surface area contributed by atoms with E-state index < -0.39 is 35.5 Å². The van der Waals surface area contributed by atoms with Crippen LogP contribution in [0.1, 0.15) is 63.9 Å². The summed E-state index contributed by atoms with van der Waals surface area (Å²) in [4.78, 5) is 54.8. The molecule has 4 amide bonds. The van der Waals surface area contributed by atoms with E-state index in [1.165, 1.54) is 18.2 Å². The number of imide groups is 1. The van der Waals surface area contributed by atoms with Crippen LogP contribution in [0.15, 0.2) is 42.5 Å². The maximum absolute atomic E-state index is 13.4. The van der Waals surface area contributed by atoms with Crippen LogP contribution in [0.2, 0.25) is 0 Å². The fourth-order valence-corrected chi connectivity index (χ4v) is 5.53. The molecule has 8 nitrogen and oxygen atoms in total. The molecule has 0 unspecified atom stereocenters. The lowest BCUT2D eigenvalue weighted by atomic mass is 9.94. The van der Waals surface area contributed by atoms with Crippen LogP contribution in [-0.4, -0.2) is 54.2 Å². The van der Waals surface area contributed by atoms with Crippen molar-refractivity contribution in [1.29, 1.82) is 0 Å². The maximum Gasteiger partial charge on any atom is 0.416 e. The van der Waals surface area contributed by atoms with E-state index in [-0.39, 0.29) is 35.0 Å². The van der Waals surface area contributed by atoms with Crippen molar-refractivity contribution in [1.82, 2.24) is 15.5 Å². The first-order chi connectivity index (χ1) is 18.6. The second kappa shape index (κ2) is 10.7. The summed E-state index contributed by atoms with van der Waals surface area (Å²) in [6, 6.07) is 8.91. The third-order valence-electron chi connectivity index (χ3n) is 7.56. The van der Waals surface area contributed by atoms with Gasteiger partial charge in [0.15, 0.2) is 0 Å². The molecule has 2 N–H and O–H groups in total. The molecular formula is C28H29F3N4O4. The molecule has 0 aromatic heterocycles. The first kappa shape index (κ1) is 26.7. The molecule has 206 valence electrons. The average Bonchev–Trinajstić information content (AvgIpc) is 3.04. The molecule has 11 heteroatoms. The van der Waals surface area contributed by atoms with Gasteiger partial charge < -0.3 is 15.5 Å². The molecule has 3 aliphatic heterocycles. The molecule has 0 saturated carbocycles. The molecule has 2 aromatic rings. The minimum atomic E-state index is -4.54. The predicted molar refractivity (Wildman–Crippen MR) is 136 cm³/mol. The Bertz CT molecular complexity index is 1310. The minimum Gasteiger partial charge on any atom is -0.370 e. The van der Waals surface area contributed by atoms with Crippen LogP contribution in [-0.2, 0) is 22.3 Å². The van der Waals surface area contributed by atoms with Gasteiger partial charge in [0.05, 0.1) is 34.8 Å². The molecule has 5 rings (SSSR count). The summed E-state index contributed by atoms with van der Waals surface area (Å²) in [5.74, 6) is -1.95. The summed E-state index contributed by atoms with van der Waals surface area (Å²) in [6.45, 7) is 1.19. The smallest absolute Gasteiger partial charge is 0.370 e. The predicted octanol–water partition coefficient (Wildman–Crippen LogP) is 3.50. The van der Waals surface area contributed by atoms with Crippen molar-refractivity contribution in [3.8, 4) is 0 Å². The minimum absolute atomic E-state index is 0.181. The maximum atomic E-state index is 13.4. The van der Waals surface area contributed by atoms with E-state index >= 15 is 0 Å². The van der Waals surface area contributed by atoms with Gasteiger partial charge in [-0.1, -0.05) is 18.2 Å². The second-order valence-electron chi connectivity index (χ2n) is 10.2. The van der Waals surface area contributed by atoms with Crippen molar-refractivity contribution in [2.24, 2.45) is 5.92 Å². The molecule has 0 radical (unpaired) electrons. The number of anilines is 1. The molecule has 0 bridgehead atoms. The summed E-state index contributed by atoms with van der Waals surface area (Å²) in [7, 11) is 0. The Morgan fingerprint density at radius 2 is 1.79 bits per heavy atom. The quantitative estimate of drug-likeness (QED) is 0.564. The number of nitrogens with one attached hydrogen (secondary N) is 2. The van der Waals surface area contributed by atoms with Crippen molar-refractivity contribution in [2.45, 2.75) is 50.9 Å². The van der Waals surface area contributed by atoms with E-state index in [1.807, 2.05) is 4.90 Å². The Morgan fingerprint density at radius 3 is 2.59 bits per heavy atom. The lowest BCUT2D eigenvalue weighted by Gasteiger charge is -2.35. The molecule has 2 saturated heterocycles. The molecule has 39 heavy (non-hydrogen) atoms. The van der Waals surface area contributed by atoms with Crippen LogP contribution in [0.4, 0.5) is 18.9 Å². The van der Waals surface area contributed by atoms with Gasteiger partial charge in [-0.15, -0.1) is 0 Å². The average molecular weight is 543 g/mol. The highest BCUT2D eigenvalue weighted by Crippen LogP contribution is 2.35. The summed E-state index contributed by atoms with van der Waals surface area (Å²) in [6.07, 6.45) is -0.953. The lowest BCUT2D eigenvalue weighted by Crippen LogP contribution is -2.50. The van der Waals surface area contributed by atoms with Crippen LogP contribution in [0.5, 0.6) is 0 Å². The standard InChI is InChI=1S/C28H29F3N4O4/c29-28(30,31)19-8-3-6-17(14-19)15-35-26(38)20-9-4-11-22(23(20)27(35)39)34-13-5-7-18(16-34)24(36)33-21-10-1-2-12-32-25(21)37/h3-4,6,8-9,11,14,18,21H,1-2,5,7,10,12-13,15-16H2,(H,32,37)(H,33,36)/t18-,21-/m0/s1. The van der Waals surface area contributed by atoms with Gasteiger partial charge in [-0.3, -0.25) is 24.1 Å². The highest BCUT2D eigenvalue weighted by Gasteiger charge is 2.40. The van der Waals surface area contributed by atoms with Gasteiger partial charge in [0.25, 0.3) is 11.8 Å². The second-order valence-corrected chi connectivity index (χ2v) is 10.2. The topological polar surface area (TPSA) is 98.8 Å². The van der Waals surface area contributed by atoms with Gasteiger partial charge in [-0.05, 0) is 61.9 Å². The summed E-state index contributed by atoms with van der Waals surface area (Å²) < 4.78 is 39.5. The van der Waals surface area contributed by atoms with Crippen molar-refractivity contribution < 1.29 is 32.3 Å². The molecule has 2 fully saturated rings. The van der Waals surface area contributed by atoms with Crippen molar-refractivity contribution in [2.75, 3.05) is 24.5 Å². The SMILES string of the molecule is O=C(N[C@H]1CCCCNC1=O)[C@H]1CCCN(c2cccc3c2C(=O)N(Cc2cccc(C(F)(F)F)c2)C3=O)C1. The van der Waals surface area contributed by atoms with Crippen LogP contribution >= 0.6 is 0 Å². The normalized spacial score (nSPS) is 21.9. The fourth-order valence-electron chi connectivity index (χ4n) is 5.53. The molecule has 2 aromatic carbocycles. The fraction of sp³-hybridized carbons (Fsp3) is 0.429. The van der Waals surface area contributed by atoms with E-state index in [2.05, 4.69) is 10.6 Å². The Kier molecular flexibility index (Phi) is 7.33. The van der Waals surface area contributed by atoms with Crippen LogP contribution in [0.25, 0.3) is 0 Å². The number of nitrogens with zero attached hydrogens (tertiary/aromatic N) is 2. The van der Waals surface area contributed by atoms with Gasteiger partial charge in [-0.25, -0.2) is 0 Å². The lowest BCUT2D eigenvalue weighted by molar-refractivity contribution is -0.137. The third kappa shape index (κ3) is 5.48. The number of fused-ring (bicyclic) bond motifs is 1. The van der Waals surface area contributed by atoms with Gasteiger partial charge in [0.2, 0.25) is 11.8 Å². The number of hydrogen-bond donors (Lipinski definition) is 2. The van der Waals surface area contributed by atoms with Crippen molar-refractivity contribution in [3.63, 3.8) is 0 Å². The molecule has 0 aliphatic carbocycles. The van der Waals surface area contributed by atoms with E-state index in [4.69, 9.17) is 0 Å². The summed E-state index contributed by atoms with van der Waals surface area (Å²) in [5.41, 5.74) is 0.237. The van der Waals surface area contributed by atoms with E-state index in [9.17, 15) is 32.3 Å². The first-order valence-electron chi connectivity index (χ1n) is 13.1. The van der Waals surface area contributed by atoms with E-state index in [0.29, 0.717) is 44.6 Å². The number of carbonyl (C=O) groups is 4. The third-order valence-corrected chi connectivity index (χ3v) is 7.56. The molecular weight excluding hydrogens is 513 g/mol. The number of rotatable bonds is 5. The monoisotopic (exact) mass is 542 g/mol. The van der Waals surface area contributed by atoms with Crippen molar-refractivity contribution >= 4 is 29.3 Å². The number of piperidine rings is 1. The zero-order chi connectivity index (χ0) is 27.7. The summed E-state index contributed by atoms with van der Waals surface area (Å²) >= 11 is 0. The Hall–Kier alpha value is -3.89. The molecule has 0 spiro atoms. The zero-order valence-corrected chi connectivity index (χ0v) is 21.2. The highest BCUT2D eigenvalue weighted by molar-refractivity contribution is 6.23. The van der Waals surface area contributed by atoms with Crippen molar-refractivity contribution in [3.05, 3.63) is 64.7 Å². The molecule has 3 aliphatic rings. The summed E-state index contributed by atoms with van der Waals surface area (Å²) in [5, 5.41) is 5.69. The van der Waals surface area contributed by atoms with Gasteiger partial charge in [-0.2, -0.15) is 13.2 Å². The Balaban J connectivity index is 1.33. The number of alkyl halides is 3. The highest BCUT2D eigenvalue weighted by atomic mass is 19.4. The Labute approximate surface area is 223 Å². The number of amides is 4. The van der Waals surface area contributed by atoms with Gasteiger partial charge in [0.1, 0.15) is 6.04 Å². The largest absolute Gasteiger partial charge is 0.416 e. The Morgan fingerprint density at radius 1 is 1.00 bits per heavy atom. The number of carbonyl (C=O) groups excluding carboxylic acids is 4. The number of halogens is 3.